The largest absolute Gasteiger partial charge is 0.423 e. The molecule has 3 aromatic rings. The molecule has 7 nitrogen and oxygen atoms in total. The minimum Gasteiger partial charge on any atom is -0.423 e. The topological polar surface area (TPSA) is 107 Å². The Bertz CT molecular complexity index is 1400. The Morgan fingerprint density at radius 2 is 1.38 bits per heavy atom. The molecule has 0 saturated carbocycles. The van der Waals surface area contributed by atoms with Crippen LogP contribution >= 0.6 is 109 Å². The second-order valence-corrected chi connectivity index (χ2v) is 13.5. The maximum absolute atomic E-state index is 13.0. The molecule has 14 heteroatoms. The van der Waals surface area contributed by atoms with Gasteiger partial charge in [-0.2, -0.15) is 8.42 Å². The monoisotopic (exact) mass is 961 g/mol. The van der Waals surface area contributed by atoms with E-state index in [0.717, 1.165) is 4.47 Å². The molecule has 1 N–H and O–H groups in total. The lowest BCUT2D eigenvalue weighted by Crippen LogP contribution is -2.19. The van der Waals surface area contributed by atoms with Crippen LogP contribution in [0.3, 0.4) is 0 Å². The van der Waals surface area contributed by atoms with Crippen molar-refractivity contribution in [3.05, 3.63) is 78.6 Å². The fourth-order valence-electron chi connectivity index (χ4n) is 2.68. The predicted octanol–water partition coefficient (Wildman–Crippen LogP) is 7.63. The van der Waals surface area contributed by atoms with E-state index in [1.807, 2.05) is 0 Å². The van der Waals surface area contributed by atoms with Crippen LogP contribution < -0.4 is 9.47 Å². The van der Waals surface area contributed by atoms with Crippen LogP contribution in [0, 0.1) is 7.14 Å². The van der Waals surface area contributed by atoms with Crippen LogP contribution in [-0.2, 0) is 10.1 Å². The van der Waals surface area contributed by atoms with Gasteiger partial charge in [0.25, 0.3) is 10.1 Å². The van der Waals surface area contributed by atoms with Crippen LogP contribution in [0.1, 0.15) is 20.7 Å². The lowest BCUT2D eigenvalue weighted by atomic mass is 10.1. The van der Waals surface area contributed by atoms with Crippen LogP contribution in [0.5, 0.6) is 11.5 Å². The summed E-state index contributed by atoms with van der Waals surface area (Å²) in [7, 11) is -4.46. The molecule has 34 heavy (non-hydrogen) atoms. The first-order valence-electron chi connectivity index (χ1n) is 8.63. The number of benzene rings is 3. The standard InChI is InChI=1S/C20H8Br4I2O7S/c21-8-4-12(23)17(13(24)5-8)33-19(27)10-2-1-3-11(22)16(10)20(28)32-9-6-14(25)18(15(26)7-9)34(29,30)31/h1-7H,(H,29,30,31). The maximum Gasteiger partial charge on any atom is 0.345 e. The van der Waals surface area contributed by atoms with Gasteiger partial charge in [-0.3, -0.25) is 4.55 Å². The molecular formula is C20H8Br4I2O7S. The van der Waals surface area contributed by atoms with E-state index in [0.29, 0.717) is 13.4 Å². The molecule has 0 spiro atoms. The summed E-state index contributed by atoms with van der Waals surface area (Å²) in [6.07, 6.45) is 0. The zero-order chi connectivity index (χ0) is 25.4. The molecule has 3 aromatic carbocycles. The lowest BCUT2D eigenvalue weighted by molar-refractivity contribution is 0.0689. The fraction of sp³-hybridized carbons (Fsp3) is 0. The van der Waals surface area contributed by atoms with E-state index in [4.69, 9.17) is 9.47 Å². The number of ether oxygens (including phenoxy) is 2. The highest BCUT2D eigenvalue weighted by Gasteiger charge is 2.26. The Hall–Kier alpha value is -0.110. The molecule has 3 rings (SSSR count). The highest BCUT2D eigenvalue weighted by molar-refractivity contribution is 14.1. The van der Waals surface area contributed by atoms with E-state index in [1.165, 1.54) is 18.2 Å². The van der Waals surface area contributed by atoms with Gasteiger partial charge in [-0.05, 0) is 129 Å². The Morgan fingerprint density at radius 3 is 1.91 bits per heavy atom. The Morgan fingerprint density at radius 1 is 0.824 bits per heavy atom. The van der Waals surface area contributed by atoms with Gasteiger partial charge in [0.2, 0.25) is 0 Å². The molecule has 178 valence electrons. The number of esters is 2. The number of hydrogen-bond donors (Lipinski definition) is 1. The van der Waals surface area contributed by atoms with Crippen molar-refractivity contribution in [2.45, 2.75) is 4.90 Å². The first-order chi connectivity index (χ1) is 15.8. The average Bonchev–Trinajstić information content (AvgIpc) is 2.68. The molecule has 0 aliphatic heterocycles. The van der Waals surface area contributed by atoms with Crippen molar-refractivity contribution in [2.75, 3.05) is 0 Å². The highest BCUT2D eigenvalue weighted by atomic mass is 127. The van der Waals surface area contributed by atoms with Gasteiger partial charge in [-0.25, -0.2) is 9.59 Å². The average molecular weight is 966 g/mol. The summed E-state index contributed by atoms with van der Waals surface area (Å²) in [5.41, 5.74) is -0.138. The van der Waals surface area contributed by atoms with E-state index in [9.17, 15) is 22.6 Å². The van der Waals surface area contributed by atoms with Gasteiger partial charge >= 0.3 is 11.9 Å². The number of carbonyl (C=O) groups excluding carboxylic acids is 2. The second-order valence-electron chi connectivity index (χ2n) is 6.33. The van der Waals surface area contributed by atoms with Crippen LogP contribution in [0.2, 0.25) is 0 Å². The van der Waals surface area contributed by atoms with Gasteiger partial charge in [0.1, 0.15) is 10.6 Å². The van der Waals surface area contributed by atoms with Gasteiger partial charge < -0.3 is 9.47 Å². The van der Waals surface area contributed by atoms with Crippen LogP contribution in [0.25, 0.3) is 0 Å². The molecule has 0 aliphatic carbocycles. The van der Waals surface area contributed by atoms with Crippen molar-refractivity contribution in [2.24, 2.45) is 0 Å². The first-order valence-corrected chi connectivity index (χ1v) is 15.4. The third-order valence-corrected chi connectivity index (χ3v) is 9.72. The van der Waals surface area contributed by atoms with E-state index >= 15 is 0 Å². The van der Waals surface area contributed by atoms with Crippen molar-refractivity contribution in [3.8, 4) is 11.5 Å². The van der Waals surface area contributed by atoms with Crippen molar-refractivity contribution in [1.29, 1.82) is 0 Å². The molecule has 0 bridgehead atoms. The highest BCUT2D eigenvalue weighted by Crippen LogP contribution is 2.37. The molecule has 0 radical (unpaired) electrons. The van der Waals surface area contributed by atoms with Crippen LogP contribution in [0.15, 0.2) is 65.3 Å². The van der Waals surface area contributed by atoms with E-state index in [1.54, 1.807) is 69.4 Å². The molecule has 0 aromatic heterocycles. The van der Waals surface area contributed by atoms with E-state index in [2.05, 4.69) is 63.7 Å². The Labute approximate surface area is 254 Å². The summed E-state index contributed by atoms with van der Waals surface area (Å²) < 4.78 is 45.9. The van der Waals surface area contributed by atoms with Crippen LogP contribution in [0.4, 0.5) is 0 Å². The van der Waals surface area contributed by atoms with Gasteiger partial charge in [-0.1, -0.05) is 22.0 Å². The smallest absolute Gasteiger partial charge is 0.345 e. The van der Waals surface area contributed by atoms with Gasteiger partial charge in [-0.15, -0.1) is 0 Å². The zero-order valence-electron chi connectivity index (χ0n) is 16.1. The molecule has 0 heterocycles. The third kappa shape index (κ3) is 6.60. The minimum atomic E-state index is -4.46. The first kappa shape index (κ1) is 28.5. The van der Waals surface area contributed by atoms with E-state index < -0.39 is 22.1 Å². The van der Waals surface area contributed by atoms with Crippen molar-refractivity contribution >= 4 is 131 Å². The number of rotatable bonds is 5. The van der Waals surface area contributed by atoms with Crippen molar-refractivity contribution < 1.29 is 32.0 Å². The SMILES string of the molecule is O=C(Oc1c(Br)cc(Br)cc1Br)c1cccc(Br)c1C(=O)Oc1cc(I)c(S(=O)(=O)O)c(I)c1. The lowest BCUT2D eigenvalue weighted by Gasteiger charge is -2.14. The summed E-state index contributed by atoms with van der Waals surface area (Å²) in [4.78, 5) is 25.7. The summed E-state index contributed by atoms with van der Waals surface area (Å²) in [5, 5.41) is 0. The predicted molar refractivity (Wildman–Crippen MR) is 155 cm³/mol. The maximum atomic E-state index is 13.0. The zero-order valence-corrected chi connectivity index (χ0v) is 27.6. The Kier molecular flexibility index (Phi) is 9.64. The molecule has 0 fully saturated rings. The molecular weight excluding hydrogens is 958 g/mol. The Balaban J connectivity index is 1.96. The minimum absolute atomic E-state index is 0.0275. The van der Waals surface area contributed by atoms with E-state index in [-0.39, 0.29) is 34.7 Å². The normalized spacial score (nSPS) is 11.3. The quantitative estimate of drug-likeness (QED) is 0.121. The molecule has 0 amide bonds. The molecule has 0 aliphatic rings. The summed E-state index contributed by atoms with van der Waals surface area (Å²) in [6.45, 7) is 0. The summed E-state index contributed by atoms with van der Waals surface area (Å²) in [6, 6.07) is 10.5. The van der Waals surface area contributed by atoms with Crippen molar-refractivity contribution in [1.82, 2.24) is 0 Å². The number of hydrogen-bond acceptors (Lipinski definition) is 6. The third-order valence-electron chi connectivity index (χ3n) is 4.04. The summed E-state index contributed by atoms with van der Waals surface area (Å²) in [5.74, 6) is -1.43. The van der Waals surface area contributed by atoms with Gasteiger partial charge in [0.15, 0.2) is 5.75 Å². The summed E-state index contributed by atoms with van der Waals surface area (Å²) >= 11 is 16.7. The second kappa shape index (κ2) is 11.5. The molecule has 0 saturated heterocycles. The van der Waals surface area contributed by atoms with Gasteiger partial charge in [0.05, 0.1) is 20.1 Å². The van der Waals surface area contributed by atoms with Crippen molar-refractivity contribution in [3.63, 3.8) is 0 Å². The molecule has 0 atom stereocenters. The number of halogens is 6. The van der Waals surface area contributed by atoms with Crippen LogP contribution in [-0.4, -0.2) is 24.9 Å². The van der Waals surface area contributed by atoms with Gasteiger partial charge in [0, 0.05) is 16.1 Å². The molecule has 0 unspecified atom stereocenters. The number of carbonyl (C=O) groups is 2. The fourth-order valence-corrected chi connectivity index (χ4v) is 9.62.